The molecule has 0 bridgehead atoms. The van der Waals surface area contributed by atoms with E-state index in [-0.39, 0.29) is 5.41 Å². The first kappa shape index (κ1) is 11.7. The Morgan fingerprint density at radius 1 is 1.06 bits per heavy atom. The van der Waals surface area contributed by atoms with E-state index in [1.54, 1.807) is 0 Å². The van der Waals surface area contributed by atoms with Crippen molar-refractivity contribution >= 4 is 6.20 Å². The van der Waals surface area contributed by atoms with Crippen LogP contribution in [0.25, 0.3) is 17.5 Å². The Labute approximate surface area is 103 Å². The minimum absolute atomic E-state index is 0.207. The lowest BCUT2D eigenvalue weighted by Gasteiger charge is -2.19. The lowest BCUT2D eigenvalue weighted by Crippen LogP contribution is -2.10. The van der Waals surface area contributed by atoms with Gasteiger partial charge in [-0.15, -0.1) is 0 Å². The van der Waals surface area contributed by atoms with Gasteiger partial charge < -0.3 is 4.57 Å². The molecule has 88 valence electrons. The van der Waals surface area contributed by atoms with Gasteiger partial charge in [-0.1, -0.05) is 51.6 Å². The Morgan fingerprint density at radius 2 is 1.71 bits per heavy atom. The third-order valence-corrected chi connectivity index (χ3v) is 3.02. The zero-order valence-electron chi connectivity index (χ0n) is 10.8. The van der Waals surface area contributed by atoms with Crippen molar-refractivity contribution in [2.45, 2.75) is 26.2 Å². The summed E-state index contributed by atoms with van der Waals surface area (Å²) in [7, 11) is 0. The molecule has 0 aliphatic rings. The predicted molar refractivity (Wildman–Crippen MR) is 75.0 cm³/mol. The van der Waals surface area contributed by atoms with Crippen LogP contribution in [-0.2, 0) is 5.41 Å². The third kappa shape index (κ3) is 2.33. The molecule has 1 aromatic carbocycles. The molecule has 0 radical (unpaired) electrons. The molecule has 2 rings (SSSR count). The Kier molecular flexibility index (Phi) is 2.93. The highest BCUT2D eigenvalue weighted by molar-refractivity contribution is 5.63. The standard InChI is InChI=1S/C16H19N/c1-5-17-12-6-7-15(17)13-8-10-14(11-9-13)16(2,3)4/h5-12H,1H2,2-4H3. The van der Waals surface area contributed by atoms with E-state index in [2.05, 4.69) is 57.7 Å². The van der Waals surface area contributed by atoms with Gasteiger partial charge in [-0.2, -0.15) is 0 Å². The number of hydrogen-bond donors (Lipinski definition) is 0. The van der Waals surface area contributed by atoms with Crippen LogP contribution in [0.4, 0.5) is 0 Å². The van der Waals surface area contributed by atoms with Crippen molar-refractivity contribution in [1.29, 1.82) is 0 Å². The van der Waals surface area contributed by atoms with Gasteiger partial charge in [0.25, 0.3) is 0 Å². The maximum absolute atomic E-state index is 3.81. The van der Waals surface area contributed by atoms with E-state index < -0.39 is 0 Å². The molecule has 17 heavy (non-hydrogen) atoms. The first-order chi connectivity index (χ1) is 8.02. The Bertz CT molecular complexity index is 509. The molecule has 0 saturated carbocycles. The number of nitrogens with zero attached hydrogens (tertiary/aromatic N) is 1. The van der Waals surface area contributed by atoms with Crippen LogP contribution >= 0.6 is 0 Å². The second-order valence-electron chi connectivity index (χ2n) is 5.31. The minimum atomic E-state index is 0.207. The van der Waals surface area contributed by atoms with Crippen LogP contribution in [0.3, 0.4) is 0 Å². The van der Waals surface area contributed by atoms with Crippen molar-refractivity contribution in [1.82, 2.24) is 4.57 Å². The van der Waals surface area contributed by atoms with Crippen LogP contribution in [0, 0.1) is 0 Å². The van der Waals surface area contributed by atoms with Crippen molar-refractivity contribution in [2.75, 3.05) is 0 Å². The van der Waals surface area contributed by atoms with E-state index in [1.807, 2.05) is 23.0 Å². The minimum Gasteiger partial charge on any atom is -0.324 e. The van der Waals surface area contributed by atoms with E-state index >= 15 is 0 Å². The van der Waals surface area contributed by atoms with Crippen LogP contribution in [0.5, 0.6) is 0 Å². The second kappa shape index (κ2) is 4.25. The largest absolute Gasteiger partial charge is 0.324 e. The first-order valence-electron chi connectivity index (χ1n) is 5.92. The van der Waals surface area contributed by atoms with Crippen LogP contribution in [0.1, 0.15) is 26.3 Å². The summed E-state index contributed by atoms with van der Waals surface area (Å²) in [6.45, 7) is 10.5. The van der Waals surface area contributed by atoms with Crippen LogP contribution in [-0.4, -0.2) is 4.57 Å². The summed E-state index contributed by atoms with van der Waals surface area (Å²) in [6, 6.07) is 12.9. The van der Waals surface area contributed by atoms with E-state index in [0.717, 1.165) is 0 Å². The van der Waals surface area contributed by atoms with Crippen LogP contribution in [0.15, 0.2) is 49.2 Å². The quantitative estimate of drug-likeness (QED) is 0.706. The van der Waals surface area contributed by atoms with Crippen molar-refractivity contribution in [3.05, 3.63) is 54.7 Å². The van der Waals surface area contributed by atoms with E-state index in [1.165, 1.54) is 16.8 Å². The van der Waals surface area contributed by atoms with Gasteiger partial charge >= 0.3 is 0 Å². The summed E-state index contributed by atoms with van der Waals surface area (Å²) in [5.41, 5.74) is 3.97. The first-order valence-corrected chi connectivity index (χ1v) is 5.92. The molecule has 0 aliphatic heterocycles. The normalized spacial score (nSPS) is 11.5. The summed E-state index contributed by atoms with van der Waals surface area (Å²) in [5, 5.41) is 0. The van der Waals surface area contributed by atoms with Gasteiger partial charge in [-0.25, -0.2) is 0 Å². The van der Waals surface area contributed by atoms with Crippen molar-refractivity contribution in [3.8, 4) is 11.3 Å². The molecule has 1 aromatic heterocycles. The smallest absolute Gasteiger partial charge is 0.0522 e. The molecule has 0 unspecified atom stereocenters. The van der Waals surface area contributed by atoms with Crippen LogP contribution in [0.2, 0.25) is 0 Å². The molecular weight excluding hydrogens is 206 g/mol. The molecule has 0 aliphatic carbocycles. The van der Waals surface area contributed by atoms with Gasteiger partial charge in [0.2, 0.25) is 0 Å². The lowest BCUT2D eigenvalue weighted by molar-refractivity contribution is 0.590. The summed E-state index contributed by atoms with van der Waals surface area (Å²) in [4.78, 5) is 0. The fourth-order valence-electron chi connectivity index (χ4n) is 1.94. The highest BCUT2D eigenvalue weighted by Gasteiger charge is 2.13. The van der Waals surface area contributed by atoms with Crippen molar-refractivity contribution < 1.29 is 0 Å². The Hall–Kier alpha value is -1.76. The Balaban J connectivity index is 2.39. The number of hydrogen-bond acceptors (Lipinski definition) is 0. The van der Waals surface area contributed by atoms with Crippen LogP contribution < -0.4 is 0 Å². The van der Waals surface area contributed by atoms with E-state index in [0.29, 0.717) is 0 Å². The van der Waals surface area contributed by atoms with Crippen molar-refractivity contribution in [2.24, 2.45) is 0 Å². The predicted octanol–water partition coefficient (Wildman–Crippen LogP) is 4.55. The van der Waals surface area contributed by atoms with Gasteiger partial charge in [-0.05, 0) is 28.7 Å². The number of benzene rings is 1. The number of aromatic nitrogens is 1. The molecule has 0 spiro atoms. The van der Waals surface area contributed by atoms with Gasteiger partial charge in [0.15, 0.2) is 0 Å². The zero-order chi connectivity index (χ0) is 12.5. The molecule has 1 heteroatoms. The monoisotopic (exact) mass is 225 g/mol. The highest BCUT2D eigenvalue weighted by Crippen LogP contribution is 2.26. The van der Waals surface area contributed by atoms with E-state index in [4.69, 9.17) is 0 Å². The fraction of sp³-hybridized carbons (Fsp3) is 0.250. The Morgan fingerprint density at radius 3 is 2.24 bits per heavy atom. The molecule has 0 N–H and O–H groups in total. The molecule has 0 fully saturated rings. The SMILES string of the molecule is C=Cn1cccc1-c1ccc(C(C)(C)C)cc1. The van der Waals surface area contributed by atoms with Gasteiger partial charge in [0, 0.05) is 12.4 Å². The average molecular weight is 225 g/mol. The summed E-state index contributed by atoms with van der Waals surface area (Å²) in [5.74, 6) is 0. The molecule has 0 saturated heterocycles. The molecule has 1 heterocycles. The molecule has 0 amide bonds. The third-order valence-electron chi connectivity index (χ3n) is 3.02. The zero-order valence-corrected chi connectivity index (χ0v) is 10.8. The van der Waals surface area contributed by atoms with E-state index in [9.17, 15) is 0 Å². The average Bonchev–Trinajstić information content (AvgIpc) is 2.76. The fourth-order valence-corrected chi connectivity index (χ4v) is 1.94. The maximum atomic E-state index is 3.81. The van der Waals surface area contributed by atoms with Gasteiger partial charge in [-0.3, -0.25) is 0 Å². The van der Waals surface area contributed by atoms with Gasteiger partial charge in [0.1, 0.15) is 0 Å². The summed E-state index contributed by atoms with van der Waals surface area (Å²) in [6.07, 6.45) is 3.84. The van der Waals surface area contributed by atoms with Crippen molar-refractivity contribution in [3.63, 3.8) is 0 Å². The second-order valence-corrected chi connectivity index (χ2v) is 5.31. The summed E-state index contributed by atoms with van der Waals surface area (Å²) >= 11 is 0. The topological polar surface area (TPSA) is 4.93 Å². The molecule has 1 nitrogen and oxygen atoms in total. The molecule has 0 atom stereocenters. The lowest BCUT2D eigenvalue weighted by atomic mass is 9.86. The number of rotatable bonds is 2. The molecule has 2 aromatic rings. The highest BCUT2D eigenvalue weighted by atomic mass is 14.9. The summed E-state index contributed by atoms with van der Waals surface area (Å²) < 4.78 is 2.03. The maximum Gasteiger partial charge on any atom is 0.0522 e. The molecular formula is C16H19N. The van der Waals surface area contributed by atoms with Gasteiger partial charge in [0.05, 0.1) is 5.69 Å².